The molecule has 0 spiro atoms. The summed E-state index contributed by atoms with van der Waals surface area (Å²) < 4.78 is 49.9. The summed E-state index contributed by atoms with van der Waals surface area (Å²) in [5, 5.41) is 14.3. The van der Waals surface area contributed by atoms with Gasteiger partial charge in [-0.1, -0.05) is 0 Å². The van der Waals surface area contributed by atoms with Crippen LogP contribution in [0.3, 0.4) is 0 Å². The number of nitrogens with one attached hydrogen (secondary N) is 2. The lowest BCUT2D eigenvalue weighted by atomic mass is 9.78. The van der Waals surface area contributed by atoms with E-state index >= 15 is 0 Å². The van der Waals surface area contributed by atoms with Crippen LogP contribution in [0.4, 0.5) is 24.8 Å². The smallest absolute Gasteiger partial charge is 0.408 e. The first-order valence-corrected chi connectivity index (χ1v) is 10.4. The number of aromatic nitrogens is 6. The van der Waals surface area contributed by atoms with Crippen LogP contribution in [0.2, 0.25) is 0 Å². The van der Waals surface area contributed by atoms with E-state index in [1.807, 2.05) is 6.92 Å². The van der Waals surface area contributed by atoms with Crippen LogP contribution in [0.25, 0.3) is 11.0 Å². The summed E-state index contributed by atoms with van der Waals surface area (Å²) in [6.07, 6.45) is -1.26. The first-order valence-electron chi connectivity index (χ1n) is 10.4. The Morgan fingerprint density at radius 3 is 2.61 bits per heavy atom. The summed E-state index contributed by atoms with van der Waals surface area (Å²) in [4.78, 5) is 21.3. The second-order valence-electron chi connectivity index (χ2n) is 8.14. The number of ether oxygens (including phenoxy) is 2. The van der Waals surface area contributed by atoms with Crippen LogP contribution in [-0.4, -0.2) is 61.9 Å². The van der Waals surface area contributed by atoms with E-state index in [4.69, 9.17) is 9.47 Å². The van der Waals surface area contributed by atoms with Crippen molar-refractivity contribution in [2.45, 2.75) is 56.8 Å². The minimum Gasteiger partial charge on any atom is -0.467 e. The first-order chi connectivity index (χ1) is 15.6. The number of hydrogen-bond donors (Lipinski definition) is 2. The number of aromatic amines is 1. The fourth-order valence-corrected chi connectivity index (χ4v) is 4.13. The number of carbonyl (C=O) groups is 1. The molecular formula is C20H24F3N7O3. The van der Waals surface area contributed by atoms with Gasteiger partial charge in [0.05, 0.1) is 12.5 Å². The summed E-state index contributed by atoms with van der Waals surface area (Å²) in [5.41, 5.74) is -0.0607. The van der Waals surface area contributed by atoms with Crippen LogP contribution >= 0.6 is 0 Å². The average molecular weight is 467 g/mol. The van der Waals surface area contributed by atoms with Crippen LogP contribution < -0.4 is 5.32 Å². The topological polar surface area (TPSA) is 120 Å². The quantitative estimate of drug-likeness (QED) is 0.530. The van der Waals surface area contributed by atoms with Gasteiger partial charge in [-0.2, -0.15) is 23.4 Å². The molecule has 3 aromatic heterocycles. The number of aryl methyl sites for hydroxylation is 1. The lowest BCUT2D eigenvalue weighted by molar-refractivity contribution is -0.170. The zero-order valence-corrected chi connectivity index (χ0v) is 18.4. The maximum Gasteiger partial charge on any atom is 0.408 e. The fraction of sp³-hybridized carbons (Fsp3) is 0.550. The molecule has 1 fully saturated rings. The van der Waals surface area contributed by atoms with Crippen molar-refractivity contribution in [1.82, 2.24) is 29.9 Å². The Morgan fingerprint density at radius 1 is 1.30 bits per heavy atom. The molecule has 0 unspecified atom stereocenters. The minimum atomic E-state index is -4.42. The molecule has 10 nitrogen and oxygen atoms in total. The molecule has 178 valence electrons. The Bertz CT molecular complexity index is 1150. The summed E-state index contributed by atoms with van der Waals surface area (Å²) in [6, 6.07) is 1.75. The Balaban J connectivity index is 1.67. The van der Waals surface area contributed by atoms with Crippen molar-refractivity contribution in [2.24, 2.45) is 0 Å². The van der Waals surface area contributed by atoms with Crippen molar-refractivity contribution >= 4 is 28.6 Å². The molecule has 13 heteroatoms. The highest BCUT2D eigenvalue weighted by Crippen LogP contribution is 2.40. The normalized spacial score (nSPS) is 21.3. The minimum absolute atomic E-state index is 0.128. The molecule has 0 bridgehead atoms. The monoisotopic (exact) mass is 467 g/mol. The number of halogens is 3. The van der Waals surface area contributed by atoms with Gasteiger partial charge in [0.1, 0.15) is 18.2 Å². The van der Waals surface area contributed by atoms with Crippen molar-refractivity contribution in [3.63, 3.8) is 0 Å². The summed E-state index contributed by atoms with van der Waals surface area (Å²) in [7, 11) is 2.79. The molecule has 3 heterocycles. The number of nitrogens with zero attached hydrogens (tertiary/aromatic N) is 5. The van der Waals surface area contributed by atoms with Gasteiger partial charge >= 0.3 is 12.1 Å². The van der Waals surface area contributed by atoms with Crippen molar-refractivity contribution in [1.29, 1.82) is 0 Å². The van der Waals surface area contributed by atoms with Crippen molar-refractivity contribution in [3.05, 3.63) is 23.8 Å². The molecule has 0 aliphatic heterocycles. The second-order valence-corrected chi connectivity index (χ2v) is 8.14. The molecular weight excluding hydrogens is 443 g/mol. The van der Waals surface area contributed by atoms with E-state index in [-0.39, 0.29) is 11.6 Å². The van der Waals surface area contributed by atoms with Crippen LogP contribution in [0.1, 0.15) is 43.1 Å². The molecule has 1 aliphatic carbocycles. The van der Waals surface area contributed by atoms with Crippen LogP contribution in [0.15, 0.2) is 12.3 Å². The van der Waals surface area contributed by atoms with Crippen LogP contribution in [0.5, 0.6) is 0 Å². The van der Waals surface area contributed by atoms with Crippen molar-refractivity contribution in [2.75, 3.05) is 19.5 Å². The van der Waals surface area contributed by atoms with Gasteiger partial charge in [-0.25, -0.2) is 14.8 Å². The maximum atomic E-state index is 12.9. The fourth-order valence-electron chi connectivity index (χ4n) is 4.13. The van der Waals surface area contributed by atoms with Gasteiger partial charge in [0.25, 0.3) is 0 Å². The molecule has 0 atom stereocenters. The predicted octanol–water partition coefficient (Wildman–Crippen LogP) is 3.38. The molecule has 0 radical (unpaired) electrons. The van der Waals surface area contributed by atoms with Gasteiger partial charge in [0.2, 0.25) is 0 Å². The highest BCUT2D eigenvalue weighted by Gasteiger charge is 2.44. The molecule has 33 heavy (non-hydrogen) atoms. The SMILES string of the molecule is COC(=O)C1(OC)CCC(c2nc(Nc3cc(C)[nH]n3)c3cn(CC(F)(F)F)nc3n2)CC1. The molecule has 0 amide bonds. The van der Waals surface area contributed by atoms with E-state index in [2.05, 4.69) is 30.6 Å². The number of hydrogen-bond acceptors (Lipinski definition) is 8. The number of anilines is 2. The van der Waals surface area contributed by atoms with Crippen LogP contribution in [0, 0.1) is 6.92 Å². The lowest BCUT2D eigenvalue weighted by Gasteiger charge is -2.36. The second kappa shape index (κ2) is 8.61. The third kappa shape index (κ3) is 4.77. The van der Waals surface area contributed by atoms with Gasteiger partial charge in [-0.3, -0.25) is 9.78 Å². The number of methoxy groups -OCH3 is 2. The Hall–Kier alpha value is -3.22. The van der Waals surface area contributed by atoms with Gasteiger partial charge in [-0.05, 0) is 32.6 Å². The zero-order valence-electron chi connectivity index (χ0n) is 18.4. The molecule has 1 saturated carbocycles. The number of fused-ring (bicyclic) bond motifs is 1. The van der Waals surface area contributed by atoms with E-state index in [1.165, 1.54) is 20.4 Å². The first kappa shape index (κ1) is 23.0. The molecule has 0 aromatic carbocycles. The molecule has 4 rings (SSSR count). The van der Waals surface area contributed by atoms with Gasteiger partial charge in [-0.15, -0.1) is 0 Å². The molecule has 3 aromatic rings. The Morgan fingerprint density at radius 2 is 2.03 bits per heavy atom. The third-order valence-electron chi connectivity index (χ3n) is 5.84. The van der Waals surface area contributed by atoms with E-state index in [0.29, 0.717) is 48.5 Å². The Kier molecular flexibility index (Phi) is 5.99. The van der Waals surface area contributed by atoms with Gasteiger partial charge < -0.3 is 14.8 Å². The number of rotatable bonds is 6. The highest BCUT2D eigenvalue weighted by molar-refractivity contribution is 5.88. The molecule has 0 saturated heterocycles. The third-order valence-corrected chi connectivity index (χ3v) is 5.84. The number of carbonyl (C=O) groups excluding carboxylic acids is 1. The van der Waals surface area contributed by atoms with Crippen molar-refractivity contribution < 1.29 is 27.4 Å². The van der Waals surface area contributed by atoms with Crippen molar-refractivity contribution in [3.8, 4) is 0 Å². The summed E-state index contributed by atoms with van der Waals surface area (Å²) in [5.74, 6) is 0.656. The van der Waals surface area contributed by atoms with Crippen LogP contribution in [-0.2, 0) is 20.8 Å². The van der Waals surface area contributed by atoms with E-state index in [1.54, 1.807) is 6.07 Å². The van der Waals surface area contributed by atoms with Gasteiger partial charge in [0.15, 0.2) is 17.1 Å². The predicted molar refractivity (Wildman–Crippen MR) is 111 cm³/mol. The van der Waals surface area contributed by atoms with Gasteiger partial charge in [0, 0.05) is 31.0 Å². The number of esters is 1. The molecule has 1 aliphatic rings. The van der Waals surface area contributed by atoms with E-state index in [9.17, 15) is 18.0 Å². The largest absolute Gasteiger partial charge is 0.467 e. The summed E-state index contributed by atoms with van der Waals surface area (Å²) in [6.45, 7) is 0.588. The Labute approximate surface area is 186 Å². The standard InChI is InChI=1S/C20H24F3N7O3/c1-11-8-14(28-27-11)24-16-13-9-30(10-20(21,22)23)29-17(13)26-15(25-16)12-4-6-19(33-3,7-5-12)18(31)32-2/h8-9,12H,4-7,10H2,1-3H3,(H2,24,25,26,27,28,29). The van der Waals surface area contributed by atoms with E-state index < -0.39 is 24.3 Å². The molecule has 2 N–H and O–H groups in total. The summed E-state index contributed by atoms with van der Waals surface area (Å²) >= 11 is 0. The maximum absolute atomic E-state index is 12.9. The average Bonchev–Trinajstić information content (AvgIpc) is 3.37. The number of H-pyrrole nitrogens is 1. The number of alkyl halides is 3. The highest BCUT2D eigenvalue weighted by atomic mass is 19.4. The lowest BCUT2D eigenvalue weighted by Crippen LogP contribution is -2.44. The van der Waals surface area contributed by atoms with E-state index in [0.717, 1.165) is 10.4 Å². The zero-order chi connectivity index (χ0) is 23.8.